The normalized spacial score (nSPS) is 14.4. The van der Waals surface area contributed by atoms with Gasteiger partial charge in [-0.15, -0.1) is 0 Å². The number of carbonyl (C=O) groups is 1. The van der Waals surface area contributed by atoms with Gasteiger partial charge < -0.3 is 19.9 Å². The number of nitrogens with one attached hydrogen (secondary N) is 1. The summed E-state index contributed by atoms with van der Waals surface area (Å²) in [7, 11) is 1.67. The monoisotopic (exact) mass is 355 g/mol. The first-order valence-corrected chi connectivity index (χ1v) is 8.85. The first-order valence-electron chi connectivity index (χ1n) is 8.85. The molecule has 26 heavy (non-hydrogen) atoms. The van der Waals surface area contributed by atoms with E-state index in [1.807, 2.05) is 41.3 Å². The number of benzene rings is 1. The highest BCUT2D eigenvalue weighted by Crippen LogP contribution is 2.24. The summed E-state index contributed by atoms with van der Waals surface area (Å²) in [5.74, 6) is 1.59. The van der Waals surface area contributed by atoms with Gasteiger partial charge in [0.15, 0.2) is 0 Å². The summed E-state index contributed by atoms with van der Waals surface area (Å²) in [6.07, 6.45) is 0. The summed E-state index contributed by atoms with van der Waals surface area (Å²) >= 11 is 0. The smallest absolute Gasteiger partial charge is 0.225 e. The molecule has 1 aromatic carbocycles. The molecule has 2 heterocycles. The quantitative estimate of drug-likeness (QED) is 0.798. The Kier molecular flexibility index (Phi) is 6.01. The van der Waals surface area contributed by atoms with E-state index in [2.05, 4.69) is 20.2 Å². The van der Waals surface area contributed by atoms with Crippen LogP contribution in [0.3, 0.4) is 0 Å². The van der Waals surface area contributed by atoms with Crippen molar-refractivity contribution in [2.75, 3.05) is 56.7 Å². The number of hydrogen-bond donors (Lipinski definition) is 1. The maximum Gasteiger partial charge on any atom is 0.225 e. The summed E-state index contributed by atoms with van der Waals surface area (Å²) in [5.41, 5.74) is 1.93. The van der Waals surface area contributed by atoms with Crippen molar-refractivity contribution >= 4 is 17.7 Å². The lowest BCUT2D eigenvalue weighted by Gasteiger charge is -2.35. The lowest BCUT2D eigenvalue weighted by Crippen LogP contribution is -2.48. The Morgan fingerprint density at radius 2 is 1.88 bits per heavy atom. The van der Waals surface area contributed by atoms with Crippen LogP contribution < -0.4 is 10.2 Å². The van der Waals surface area contributed by atoms with E-state index in [0.29, 0.717) is 32.2 Å². The van der Waals surface area contributed by atoms with E-state index >= 15 is 0 Å². The van der Waals surface area contributed by atoms with E-state index in [0.717, 1.165) is 30.2 Å². The number of piperazine rings is 1. The molecule has 2 aromatic rings. The number of rotatable bonds is 6. The third-order valence-corrected chi connectivity index (χ3v) is 4.42. The van der Waals surface area contributed by atoms with Gasteiger partial charge in [-0.3, -0.25) is 4.79 Å². The zero-order chi connectivity index (χ0) is 18.4. The van der Waals surface area contributed by atoms with Gasteiger partial charge in [-0.05, 0) is 0 Å². The average molecular weight is 355 g/mol. The molecule has 0 atom stereocenters. The van der Waals surface area contributed by atoms with Crippen LogP contribution in [0.1, 0.15) is 6.92 Å². The molecule has 1 aliphatic rings. The maximum atomic E-state index is 11.5. The maximum absolute atomic E-state index is 11.5. The topological polar surface area (TPSA) is 70.6 Å². The van der Waals surface area contributed by atoms with E-state index in [4.69, 9.17) is 4.74 Å². The van der Waals surface area contributed by atoms with Crippen LogP contribution in [-0.2, 0) is 9.53 Å². The SMILES string of the molecule is COCCNc1nc(-c2ccccc2)cc(N2CCN(C(C)=O)CC2)n1. The van der Waals surface area contributed by atoms with Crippen LogP contribution in [0.15, 0.2) is 36.4 Å². The Morgan fingerprint density at radius 3 is 2.54 bits per heavy atom. The number of nitrogens with zero attached hydrogens (tertiary/aromatic N) is 4. The minimum Gasteiger partial charge on any atom is -0.383 e. The van der Waals surface area contributed by atoms with Crippen molar-refractivity contribution in [1.82, 2.24) is 14.9 Å². The number of ether oxygens (including phenoxy) is 1. The number of aromatic nitrogens is 2. The van der Waals surface area contributed by atoms with Gasteiger partial charge in [-0.1, -0.05) is 30.3 Å². The predicted octanol–water partition coefficient (Wildman–Crippen LogP) is 1.87. The minimum atomic E-state index is 0.124. The zero-order valence-electron chi connectivity index (χ0n) is 15.3. The van der Waals surface area contributed by atoms with Gasteiger partial charge >= 0.3 is 0 Å². The summed E-state index contributed by atoms with van der Waals surface area (Å²) in [4.78, 5) is 24.9. The first-order chi connectivity index (χ1) is 12.7. The minimum absolute atomic E-state index is 0.124. The largest absolute Gasteiger partial charge is 0.383 e. The Balaban J connectivity index is 1.84. The van der Waals surface area contributed by atoms with Gasteiger partial charge in [0.25, 0.3) is 0 Å². The van der Waals surface area contributed by atoms with E-state index in [-0.39, 0.29) is 5.91 Å². The summed E-state index contributed by atoms with van der Waals surface area (Å²) in [5, 5.41) is 3.22. The third-order valence-electron chi connectivity index (χ3n) is 4.42. The van der Waals surface area contributed by atoms with Crippen molar-refractivity contribution in [2.45, 2.75) is 6.92 Å². The highest BCUT2D eigenvalue weighted by molar-refractivity contribution is 5.73. The molecule has 0 spiro atoms. The number of anilines is 2. The van der Waals surface area contributed by atoms with Crippen molar-refractivity contribution in [2.24, 2.45) is 0 Å². The van der Waals surface area contributed by atoms with Crippen LogP contribution >= 0.6 is 0 Å². The molecule has 0 aliphatic carbocycles. The Hall–Kier alpha value is -2.67. The van der Waals surface area contributed by atoms with Gasteiger partial charge in [0.1, 0.15) is 5.82 Å². The summed E-state index contributed by atoms with van der Waals surface area (Å²) < 4.78 is 5.09. The molecule has 7 heteroatoms. The number of carbonyl (C=O) groups excluding carboxylic acids is 1. The van der Waals surface area contributed by atoms with Gasteiger partial charge in [-0.2, -0.15) is 4.98 Å². The van der Waals surface area contributed by atoms with Crippen LogP contribution in [0.4, 0.5) is 11.8 Å². The molecule has 1 aliphatic heterocycles. The van der Waals surface area contributed by atoms with Crippen molar-refractivity contribution in [1.29, 1.82) is 0 Å². The molecular formula is C19H25N5O2. The van der Waals surface area contributed by atoms with Crippen LogP contribution in [0, 0.1) is 0 Å². The van der Waals surface area contributed by atoms with Crippen LogP contribution in [0.25, 0.3) is 11.3 Å². The second-order valence-electron chi connectivity index (χ2n) is 6.21. The molecule has 1 amide bonds. The summed E-state index contributed by atoms with van der Waals surface area (Å²) in [6, 6.07) is 12.1. The predicted molar refractivity (Wildman–Crippen MR) is 102 cm³/mol. The molecule has 0 saturated carbocycles. The molecule has 1 N–H and O–H groups in total. The molecule has 0 radical (unpaired) electrons. The molecular weight excluding hydrogens is 330 g/mol. The average Bonchev–Trinajstić information content (AvgIpc) is 2.69. The van der Waals surface area contributed by atoms with E-state index < -0.39 is 0 Å². The summed E-state index contributed by atoms with van der Waals surface area (Å²) in [6.45, 7) is 5.81. The van der Waals surface area contributed by atoms with Crippen molar-refractivity contribution in [3.63, 3.8) is 0 Å². The highest BCUT2D eigenvalue weighted by Gasteiger charge is 2.20. The van der Waals surface area contributed by atoms with Gasteiger partial charge in [0, 0.05) is 58.4 Å². The fraction of sp³-hybridized carbons (Fsp3) is 0.421. The fourth-order valence-electron chi connectivity index (χ4n) is 2.95. The van der Waals surface area contributed by atoms with Crippen molar-refractivity contribution in [3.8, 4) is 11.3 Å². The van der Waals surface area contributed by atoms with E-state index in [1.165, 1.54) is 0 Å². The zero-order valence-corrected chi connectivity index (χ0v) is 15.3. The second kappa shape index (κ2) is 8.62. The van der Waals surface area contributed by atoms with Gasteiger partial charge in [0.05, 0.1) is 12.3 Å². The lowest BCUT2D eigenvalue weighted by molar-refractivity contribution is -0.129. The third kappa shape index (κ3) is 4.49. The molecule has 1 aromatic heterocycles. The lowest BCUT2D eigenvalue weighted by atomic mass is 10.1. The van der Waals surface area contributed by atoms with Crippen molar-refractivity contribution in [3.05, 3.63) is 36.4 Å². The standard InChI is InChI=1S/C19H25N5O2/c1-15(25)23-9-11-24(12-10-23)18-14-17(16-6-4-3-5-7-16)21-19(22-18)20-8-13-26-2/h3-7,14H,8-13H2,1-2H3,(H,20,21,22). The molecule has 0 unspecified atom stereocenters. The van der Waals surface area contributed by atoms with Crippen LogP contribution in [0.5, 0.6) is 0 Å². The van der Waals surface area contributed by atoms with Gasteiger partial charge in [0.2, 0.25) is 11.9 Å². The molecule has 1 fully saturated rings. The Morgan fingerprint density at radius 1 is 1.15 bits per heavy atom. The highest BCUT2D eigenvalue weighted by atomic mass is 16.5. The number of hydrogen-bond acceptors (Lipinski definition) is 6. The fourth-order valence-corrected chi connectivity index (χ4v) is 2.95. The molecule has 0 bridgehead atoms. The van der Waals surface area contributed by atoms with E-state index in [1.54, 1.807) is 14.0 Å². The number of methoxy groups -OCH3 is 1. The van der Waals surface area contributed by atoms with Crippen molar-refractivity contribution < 1.29 is 9.53 Å². The molecule has 1 saturated heterocycles. The second-order valence-corrected chi connectivity index (χ2v) is 6.21. The number of amides is 1. The van der Waals surface area contributed by atoms with Gasteiger partial charge in [-0.25, -0.2) is 4.98 Å². The molecule has 7 nitrogen and oxygen atoms in total. The Bertz CT molecular complexity index is 730. The Labute approximate surface area is 154 Å². The van der Waals surface area contributed by atoms with E-state index in [9.17, 15) is 4.79 Å². The first kappa shape index (κ1) is 18.1. The molecule has 138 valence electrons. The van der Waals surface area contributed by atoms with Crippen LogP contribution in [0.2, 0.25) is 0 Å². The van der Waals surface area contributed by atoms with Crippen LogP contribution in [-0.4, -0.2) is 67.2 Å². The molecule has 3 rings (SSSR count).